The highest BCUT2D eigenvalue weighted by Crippen LogP contribution is 2.17. The van der Waals surface area contributed by atoms with Gasteiger partial charge < -0.3 is 0 Å². The van der Waals surface area contributed by atoms with Crippen LogP contribution in [0, 0.1) is 5.82 Å². The van der Waals surface area contributed by atoms with Crippen molar-refractivity contribution < 1.29 is 4.39 Å². The van der Waals surface area contributed by atoms with E-state index in [-0.39, 0.29) is 5.82 Å². The van der Waals surface area contributed by atoms with Crippen molar-refractivity contribution in [3.05, 3.63) is 35.1 Å². The summed E-state index contributed by atoms with van der Waals surface area (Å²) in [6, 6.07) is 4.91. The van der Waals surface area contributed by atoms with Gasteiger partial charge in [0.1, 0.15) is 5.82 Å². The van der Waals surface area contributed by atoms with Crippen LogP contribution in [0.25, 0.3) is 0 Å². The Morgan fingerprint density at radius 1 is 1.33 bits per heavy atom. The Hall–Kier alpha value is -0.930. The van der Waals surface area contributed by atoms with Crippen LogP contribution in [0.1, 0.15) is 11.1 Å². The van der Waals surface area contributed by atoms with Crippen LogP contribution in [0.2, 0.25) is 0 Å². The Bertz CT molecular complexity index is 299. The lowest BCUT2D eigenvalue weighted by Crippen LogP contribution is -2.36. The first kappa shape index (κ1) is 7.71. The number of hydrazine groups is 1. The third-order valence-electron chi connectivity index (χ3n) is 2.21. The molecule has 2 rings (SSSR count). The van der Waals surface area contributed by atoms with Crippen LogP contribution in [-0.4, -0.2) is 11.6 Å². The van der Waals surface area contributed by atoms with E-state index in [1.807, 2.05) is 6.07 Å². The highest BCUT2D eigenvalue weighted by Gasteiger charge is 2.13. The van der Waals surface area contributed by atoms with Crippen molar-refractivity contribution in [2.45, 2.75) is 13.0 Å². The molecular weight excluding hydrogens is 155 g/mol. The molecule has 0 aliphatic carbocycles. The molecule has 1 aliphatic rings. The lowest BCUT2D eigenvalue weighted by Gasteiger charge is -2.24. The fraction of sp³-hybridized carbons (Fsp3) is 0.333. The Morgan fingerprint density at radius 2 is 2.17 bits per heavy atom. The van der Waals surface area contributed by atoms with E-state index >= 15 is 0 Å². The largest absolute Gasteiger partial charge is 0.268 e. The van der Waals surface area contributed by atoms with Crippen LogP contribution in [-0.2, 0) is 13.0 Å². The van der Waals surface area contributed by atoms with Crippen LogP contribution in [0.4, 0.5) is 4.39 Å². The smallest absolute Gasteiger partial charge is 0.123 e. The number of fused-ring (bicyclic) bond motifs is 1. The quantitative estimate of drug-likeness (QED) is 0.584. The SMILES string of the molecule is NN1CCc2ccc(F)cc2C1. The maximum atomic E-state index is 12.8. The van der Waals surface area contributed by atoms with Gasteiger partial charge in [-0.3, -0.25) is 5.84 Å². The third kappa shape index (κ3) is 1.33. The topological polar surface area (TPSA) is 29.3 Å². The first-order chi connectivity index (χ1) is 5.75. The van der Waals surface area contributed by atoms with Gasteiger partial charge in [-0.25, -0.2) is 9.40 Å². The molecule has 0 amide bonds. The molecule has 0 spiro atoms. The van der Waals surface area contributed by atoms with Gasteiger partial charge in [-0.15, -0.1) is 0 Å². The maximum Gasteiger partial charge on any atom is 0.123 e. The number of hydrogen-bond acceptors (Lipinski definition) is 2. The zero-order valence-electron chi connectivity index (χ0n) is 6.76. The van der Waals surface area contributed by atoms with Gasteiger partial charge in [-0.1, -0.05) is 6.07 Å². The highest BCUT2D eigenvalue weighted by molar-refractivity contribution is 5.29. The average Bonchev–Trinajstić information content (AvgIpc) is 2.03. The first-order valence-electron chi connectivity index (χ1n) is 4.02. The average molecular weight is 166 g/mol. The standard InChI is InChI=1S/C9H11FN2/c10-9-2-1-7-3-4-12(11)6-8(7)5-9/h1-2,5H,3-4,6,11H2. The molecule has 0 unspecified atom stereocenters. The van der Waals surface area contributed by atoms with E-state index < -0.39 is 0 Å². The van der Waals surface area contributed by atoms with Crippen molar-refractivity contribution in [1.82, 2.24) is 5.01 Å². The molecule has 1 heterocycles. The lowest BCUT2D eigenvalue weighted by molar-refractivity contribution is 0.262. The summed E-state index contributed by atoms with van der Waals surface area (Å²) in [4.78, 5) is 0. The van der Waals surface area contributed by atoms with Gasteiger partial charge in [0.05, 0.1) is 0 Å². The molecule has 0 saturated carbocycles. The Kier molecular flexibility index (Phi) is 1.83. The summed E-state index contributed by atoms with van der Waals surface area (Å²) in [5.41, 5.74) is 2.24. The van der Waals surface area contributed by atoms with E-state index in [2.05, 4.69) is 0 Å². The molecule has 0 radical (unpaired) electrons. The maximum absolute atomic E-state index is 12.8. The van der Waals surface area contributed by atoms with Crippen molar-refractivity contribution in [3.8, 4) is 0 Å². The lowest BCUT2D eigenvalue weighted by atomic mass is 10.0. The Labute approximate surface area is 70.8 Å². The van der Waals surface area contributed by atoms with Crippen LogP contribution in [0.5, 0.6) is 0 Å². The molecule has 0 aromatic heterocycles. The normalized spacial score (nSPS) is 17.5. The number of nitrogens with two attached hydrogens (primary N) is 1. The Balaban J connectivity index is 2.37. The zero-order chi connectivity index (χ0) is 8.55. The van der Waals surface area contributed by atoms with Crippen molar-refractivity contribution in [2.24, 2.45) is 5.84 Å². The molecule has 2 nitrogen and oxygen atoms in total. The second-order valence-corrected chi connectivity index (χ2v) is 3.13. The van der Waals surface area contributed by atoms with Crippen molar-refractivity contribution >= 4 is 0 Å². The van der Waals surface area contributed by atoms with Crippen molar-refractivity contribution in [2.75, 3.05) is 6.54 Å². The third-order valence-corrected chi connectivity index (χ3v) is 2.21. The van der Waals surface area contributed by atoms with E-state index in [1.54, 1.807) is 11.1 Å². The second kappa shape index (κ2) is 2.84. The molecule has 2 N–H and O–H groups in total. The Morgan fingerprint density at radius 3 is 3.00 bits per heavy atom. The summed E-state index contributed by atoms with van der Waals surface area (Å²) in [7, 11) is 0. The van der Waals surface area contributed by atoms with Crippen molar-refractivity contribution in [3.63, 3.8) is 0 Å². The number of halogens is 1. The minimum atomic E-state index is -0.177. The number of hydrogen-bond donors (Lipinski definition) is 1. The van der Waals surface area contributed by atoms with E-state index in [4.69, 9.17) is 5.84 Å². The van der Waals surface area contributed by atoms with Gasteiger partial charge in [0, 0.05) is 13.1 Å². The summed E-state index contributed by atoms with van der Waals surface area (Å²) in [5, 5.41) is 1.71. The minimum Gasteiger partial charge on any atom is -0.268 e. The summed E-state index contributed by atoms with van der Waals surface area (Å²) in [6.45, 7) is 1.52. The predicted octanol–water partition coefficient (Wildman–Crippen LogP) is 1.06. The van der Waals surface area contributed by atoms with Gasteiger partial charge in [-0.2, -0.15) is 0 Å². The van der Waals surface area contributed by atoms with Crippen LogP contribution >= 0.6 is 0 Å². The number of nitrogens with zero attached hydrogens (tertiary/aromatic N) is 1. The van der Waals surface area contributed by atoms with Gasteiger partial charge in [-0.05, 0) is 29.7 Å². The highest BCUT2D eigenvalue weighted by atomic mass is 19.1. The summed E-state index contributed by atoms with van der Waals surface area (Å²) in [6.07, 6.45) is 0.923. The molecular formula is C9H11FN2. The molecule has 0 saturated heterocycles. The molecule has 1 aromatic rings. The molecule has 12 heavy (non-hydrogen) atoms. The molecule has 64 valence electrons. The first-order valence-corrected chi connectivity index (χ1v) is 4.02. The predicted molar refractivity (Wildman–Crippen MR) is 44.7 cm³/mol. The monoisotopic (exact) mass is 166 g/mol. The molecule has 3 heteroatoms. The van der Waals surface area contributed by atoms with Gasteiger partial charge in [0.2, 0.25) is 0 Å². The van der Waals surface area contributed by atoms with Crippen molar-refractivity contribution in [1.29, 1.82) is 0 Å². The van der Waals surface area contributed by atoms with Gasteiger partial charge in [0.15, 0.2) is 0 Å². The van der Waals surface area contributed by atoms with Gasteiger partial charge in [0.25, 0.3) is 0 Å². The number of benzene rings is 1. The van der Waals surface area contributed by atoms with Crippen LogP contribution < -0.4 is 5.84 Å². The van der Waals surface area contributed by atoms with E-state index in [1.165, 1.54) is 11.6 Å². The summed E-state index contributed by atoms with van der Waals surface area (Å²) in [5.74, 6) is 5.43. The van der Waals surface area contributed by atoms with E-state index in [0.717, 1.165) is 18.5 Å². The molecule has 0 fully saturated rings. The zero-order valence-corrected chi connectivity index (χ0v) is 6.76. The molecule has 0 bridgehead atoms. The molecule has 0 atom stereocenters. The van der Waals surface area contributed by atoms with E-state index in [0.29, 0.717) is 6.54 Å². The fourth-order valence-corrected chi connectivity index (χ4v) is 1.55. The van der Waals surface area contributed by atoms with Crippen LogP contribution in [0.15, 0.2) is 18.2 Å². The fourth-order valence-electron chi connectivity index (χ4n) is 1.55. The molecule has 1 aromatic carbocycles. The van der Waals surface area contributed by atoms with Crippen LogP contribution in [0.3, 0.4) is 0 Å². The number of rotatable bonds is 0. The van der Waals surface area contributed by atoms with Gasteiger partial charge >= 0.3 is 0 Å². The van der Waals surface area contributed by atoms with E-state index in [9.17, 15) is 4.39 Å². The minimum absolute atomic E-state index is 0.177. The summed E-state index contributed by atoms with van der Waals surface area (Å²) < 4.78 is 12.8. The molecule has 1 aliphatic heterocycles. The summed E-state index contributed by atoms with van der Waals surface area (Å²) >= 11 is 0. The second-order valence-electron chi connectivity index (χ2n) is 3.13.